The van der Waals surface area contributed by atoms with Crippen molar-refractivity contribution < 1.29 is 14.3 Å². The van der Waals surface area contributed by atoms with Gasteiger partial charge in [0.2, 0.25) is 5.76 Å². The zero-order chi connectivity index (χ0) is 20.5. The van der Waals surface area contributed by atoms with Gasteiger partial charge in [-0.15, -0.1) is 0 Å². The van der Waals surface area contributed by atoms with Crippen LogP contribution in [0.3, 0.4) is 0 Å². The van der Waals surface area contributed by atoms with Crippen LogP contribution in [-0.2, 0) is 14.3 Å². The summed E-state index contributed by atoms with van der Waals surface area (Å²) < 4.78 is 11.4. The lowest BCUT2D eigenvalue weighted by Gasteiger charge is -2.35. The molecule has 0 saturated carbocycles. The highest BCUT2D eigenvalue weighted by molar-refractivity contribution is 5.93. The van der Waals surface area contributed by atoms with Crippen molar-refractivity contribution in [2.75, 3.05) is 0 Å². The molecule has 0 radical (unpaired) electrons. The number of fused-ring (bicyclic) bond motifs is 2. The Kier molecular flexibility index (Phi) is 4.76. The van der Waals surface area contributed by atoms with Crippen molar-refractivity contribution in [3.05, 3.63) is 89.3 Å². The molecule has 5 heteroatoms. The quantitative estimate of drug-likeness (QED) is 0.740. The summed E-state index contributed by atoms with van der Waals surface area (Å²) in [7, 11) is 0. The van der Waals surface area contributed by atoms with Crippen LogP contribution >= 0.6 is 0 Å². The minimum atomic E-state index is -0.124. The van der Waals surface area contributed by atoms with E-state index in [9.17, 15) is 10.1 Å². The molecule has 150 valence electrons. The molecule has 1 aliphatic carbocycles. The number of amides is 1. The first-order chi connectivity index (χ1) is 14.7. The molecule has 0 aromatic heterocycles. The first-order valence-electron chi connectivity index (χ1n) is 10.4. The topological polar surface area (TPSA) is 62.6 Å². The molecule has 1 aromatic rings. The lowest BCUT2D eigenvalue weighted by atomic mass is 9.93. The molecule has 2 atom stereocenters. The average molecular weight is 398 g/mol. The zero-order valence-electron chi connectivity index (χ0n) is 16.6. The van der Waals surface area contributed by atoms with Gasteiger partial charge in [-0.1, -0.05) is 36.4 Å². The fraction of sp³-hybridized carbons (Fsp3) is 0.280. The molecule has 1 fully saturated rings. The van der Waals surface area contributed by atoms with Crippen LogP contribution < -0.4 is 0 Å². The Morgan fingerprint density at radius 1 is 1.20 bits per heavy atom. The summed E-state index contributed by atoms with van der Waals surface area (Å²) >= 11 is 0. The molecule has 30 heavy (non-hydrogen) atoms. The maximum absolute atomic E-state index is 13.3. The van der Waals surface area contributed by atoms with Crippen LogP contribution in [0, 0.1) is 11.3 Å². The number of carbonyl (C=O) groups is 1. The molecule has 1 amide bonds. The van der Waals surface area contributed by atoms with Gasteiger partial charge in [0.1, 0.15) is 12.5 Å². The lowest BCUT2D eigenvalue weighted by Crippen LogP contribution is -2.44. The van der Waals surface area contributed by atoms with Crippen molar-refractivity contribution in [3.8, 4) is 6.07 Å². The molecular weight excluding hydrogens is 376 g/mol. The van der Waals surface area contributed by atoms with Crippen molar-refractivity contribution >= 4 is 11.5 Å². The maximum Gasteiger partial charge on any atom is 0.293 e. The highest BCUT2D eigenvalue weighted by atomic mass is 16.5. The van der Waals surface area contributed by atoms with E-state index in [-0.39, 0.29) is 23.8 Å². The summed E-state index contributed by atoms with van der Waals surface area (Å²) in [4.78, 5) is 15.2. The number of hydrogen-bond acceptors (Lipinski definition) is 4. The second-order valence-corrected chi connectivity index (χ2v) is 7.96. The van der Waals surface area contributed by atoms with Gasteiger partial charge in [0.25, 0.3) is 5.91 Å². The van der Waals surface area contributed by atoms with Crippen LogP contribution in [0.1, 0.15) is 43.2 Å². The number of ether oxygens (including phenoxy) is 2. The van der Waals surface area contributed by atoms with E-state index in [1.165, 1.54) is 11.8 Å². The molecule has 2 unspecified atom stereocenters. The molecule has 3 aliphatic heterocycles. The van der Waals surface area contributed by atoms with Gasteiger partial charge in [-0.05, 0) is 60.9 Å². The van der Waals surface area contributed by atoms with E-state index in [2.05, 4.69) is 18.2 Å². The minimum absolute atomic E-state index is 0.0349. The van der Waals surface area contributed by atoms with Crippen LogP contribution in [0.2, 0.25) is 0 Å². The maximum atomic E-state index is 13.3. The zero-order valence-corrected chi connectivity index (χ0v) is 16.6. The third-order valence-corrected chi connectivity index (χ3v) is 6.10. The number of hydrogen-bond donors (Lipinski definition) is 0. The molecule has 3 heterocycles. The second kappa shape index (κ2) is 7.72. The van der Waals surface area contributed by atoms with E-state index in [1.54, 1.807) is 6.26 Å². The summed E-state index contributed by atoms with van der Waals surface area (Å²) in [6.45, 7) is 0. The number of allylic oxidation sites excluding steroid dienone is 4. The molecule has 1 saturated heterocycles. The fourth-order valence-corrected chi connectivity index (χ4v) is 4.64. The molecule has 0 spiro atoms. The van der Waals surface area contributed by atoms with Gasteiger partial charge in [0.15, 0.2) is 5.76 Å². The van der Waals surface area contributed by atoms with E-state index in [1.807, 2.05) is 41.3 Å². The Morgan fingerprint density at radius 3 is 2.93 bits per heavy atom. The van der Waals surface area contributed by atoms with Crippen LogP contribution in [0.25, 0.3) is 5.57 Å². The fourth-order valence-electron chi connectivity index (χ4n) is 4.64. The minimum Gasteiger partial charge on any atom is -0.465 e. The summed E-state index contributed by atoms with van der Waals surface area (Å²) in [5, 5.41) is 9.18. The van der Waals surface area contributed by atoms with Crippen LogP contribution in [-0.4, -0.2) is 22.9 Å². The number of nitriles is 1. The molecule has 1 aromatic carbocycles. The van der Waals surface area contributed by atoms with Gasteiger partial charge in [-0.3, -0.25) is 4.79 Å². The van der Waals surface area contributed by atoms with E-state index >= 15 is 0 Å². The standard InChI is InChI=1S/C25H22N2O3/c26-14-17-5-4-8-19(11-17)20-12-21-9-10-22(13-20)27(21)25(28)24-16-29-15-23(30-24)18-6-2-1-3-7-18/h1-2,4-6,8,11-12,15-16,21-22H,3,7,9-10,13H2. The Balaban J connectivity index is 1.34. The lowest BCUT2D eigenvalue weighted by molar-refractivity contribution is -0.132. The Hall–Kier alpha value is -3.52. The Morgan fingerprint density at radius 2 is 2.13 bits per heavy atom. The average Bonchev–Trinajstić information content (AvgIpc) is 3.08. The van der Waals surface area contributed by atoms with E-state index in [4.69, 9.17) is 9.47 Å². The van der Waals surface area contributed by atoms with Crippen molar-refractivity contribution in [3.63, 3.8) is 0 Å². The first kappa shape index (κ1) is 18.5. The molecule has 2 bridgehead atoms. The van der Waals surface area contributed by atoms with Crippen molar-refractivity contribution in [2.24, 2.45) is 0 Å². The van der Waals surface area contributed by atoms with Crippen molar-refractivity contribution in [1.82, 2.24) is 4.90 Å². The van der Waals surface area contributed by atoms with Crippen LogP contribution in [0.4, 0.5) is 0 Å². The van der Waals surface area contributed by atoms with Crippen LogP contribution in [0.5, 0.6) is 0 Å². The van der Waals surface area contributed by atoms with Gasteiger partial charge >= 0.3 is 0 Å². The predicted molar refractivity (Wildman–Crippen MR) is 112 cm³/mol. The van der Waals surface area contributed by atoms with Gasteiger partial charge in [-0.25, -0.2) is 0 Å². The van der Waals surface area contributed by atoms with Crippen molar-refractivity contribution in [1.29, 1.82) is 5.26 Å². The van der Waals surface area contributed by atoms with E-state index < -0.39 is 0 Å². The molecular formula is C25H22N2O3. The summed E-state index contributed by atoms with van der Waals surface area (Å²) in [5.41, 5.74) is 3.97. The molecule has 4 aliphatic rings. The third kappa shape index (κ3) is 3.35. The largest absolute Gasteiger partial charge is 0.465 e. The third-order valence-electron chi connectivity index (χ3n) is 6.10. The number of rotatable bonds is 3. The van der Waals surface area contributed by atoms with Crippen molar-refractivity contribution in [2.45, 2.75) is 44.2 Å². The van der Waals surface area contributed by atoms with E-state index in [0.717, 1.165) is 43.2 Å². The van der Waals surface area contributed by atoms with Gasteiger partial charge in [-0.2, -0.15) is 5.26 Å². The smallest absolute Gasteiger partial charge is 0.293 e. The highest BCUT2D eigenvalue weighted by Crippen LogP contribution is 2.40. The van der Waals surface area contributed by atoms with Gasteiger partial charge < -0.3 is 14.4 Å². The Bertz CT molecular complexity index is 1080. The number of nitrogens with zero attached hydrogens (tertiary/aromatic N) is 2. The number of benzene rings is 1. The molecule has 5 rings (SSSR count). The second-order valence-electron chi connectivity index (χ2n) is 7.96. The highest BCUT2D eigenvalue weighted by Gasteiger charge is 2.42. The van der Waals surface area contributed by atoms with E-state index in [0.29, 0.717) is 11.3 Å². The van der Waals surface area contributed by atoms with Gasteiger partial charge in [0, 0.05) is 6.04 Å². The summed E-state index contributed by atoms with van der Waals surface area (Å²) in [5.74, 6) is 0.725. The normalized spacial score (nSPS) is 24.6. The molecule has 0 N–H and O–H groups in total. The summed E-state index contributed by atoms with van der Waals surface area (Å²) in [6.07, 6.45) is 15.8. The summed E-state index contributed by atoms with van der Waals surface area (Å²) in [6, 6.07) is 10.0. The SMILES string of the molecule is N#Cc1cccc(C2=CC3CCC(C2)N3C(=O)C2=COC=C(C3=CC=CCC3)O2)c1. The Labute approximate surface area is 175 Å². The monoisotopic (exact) mass is 398 g/mol. The first-order valence-corrected chi connectivity index (χ1v) is 10.4. The predicted octanol–water partition coefficient (Wildman–Crippen LogP) is 4.71. The van der Waals surface area contributed by atoms with Crippen LogP contribution in [0.15, 0.2) is 78.2 Å². The van der Waals surface area contributed by atoms with Gasteiger partial charge in [0.05, 0.1) is 17.7 Å². The number of carbonyl (C=O) groups excluding carboxylic acids is 1. The molecule has 5 nitrogen and oxygen atoms in total.